The van der Waals surface area contributed by atoms with Crippen molar-refractivity contribution in [3.63, 3.8) is 0 Å². The predicted molar refractivity (Wildman–Crippen MR) is 83.7 cm³/mol. The Morgan fingerprint density at radius 2 is 1.81 bits per heavy atom. The average Bonchev–Trinajstić information content (AvgIpc) is 2.40. The van der Waals surface area contributed by atoms with E-state index in [0.29, 0.717) is 26.4 Å². The van der Waals surface area contributed by atoms with Gasteiger partial charge in [-0.25, -0.2) is 4.79 Å². The highest BCUT2D eigenvalue weighted by atomic mass is 35.5. The molecule has 0 saturated carbocycles. The van der Waals surface area contributed by atoms with Crippen molar-refractivity contribution >= 4 is 40.8 Å². The van der Waals surface area contributed by atoms with Crippen molar-refractivity contribution < 1.29 is 14.6 Å². The number of benzene rings is 2. The number of aliphatic carboxylic acids is 1. The summed E-state index contributed by atoms with van der Waals surface area (Å²) in [6.07, 6.45) is -0.945. The first-order valence-corrected chi connectivity index (χ1v) is 7.18. The predicted octanol–water partition coefficient (Wildman–Crippen LogP) is 4.72. The van der Waals surface area contributed by atoms with Gasteiger partial charge in [0.15, 0.2) is 6.10 Å². The summed E-state index contributed by atoms with van der Waals surface area (Å²) in [7, 11) is 0. The largest absolute Gasteiger partial charge is 0.478 e. The van der Waals surface area contributed by atoms with E-state index in [-0.39, 0.29) is 6.42 Å². The van der Waals surface area contributed by atoms with Crippen LogP contribution in [0.15, 0.2) is 42.5 Å². The summed E-state index contributed by atoms with van der Waals surface area (Å²) in [5.74, 6) is -0.694. The number of carboxylic acids is 1. The molecule has 2 rings (SSSR count). The molecule has 0 heterocycles. The minimum Gasteiger partial charge on any atom is -0.478 e. The molecule has 2 aromatic rings. The van der Waals surface area contributed by atoms with Gasteiger partial charge >= 0.3 is 5.97 Å². The minimum atomic E-state index is -1.08. The summed E-state index contributed by atoms with van der Waals surface area (Å²) >= 11 is 17.7. The van der Waals surface area contributed by atoms with Gasteiger partial charge in [0, 0.05) is 21.5 Å². The summed E-state index contributed by atoms with van der Waals surface area (Å²) in [5.41, 5.74) is 0.649. The lowest BCUT2D eigenvalue weighted by Gasteiger charge is -2.16. The fraction of sp³-hybridized carbons (Fsp3) is 0.133. The van der Waals surface area contributed by atoms with Crippen LogP contribution in [0, 0.1) is 0 Å². The molecule has 1 N–H and O–H groups in total. The van der Waals surface area contributed by atoms with Gasteiger partial charge in [-0.2, -0.15) is 0 Å². The summed E-state index contributed by atoms with van der Waals surface area (Å²) < 4.78 is 5.47. The summed E-state index contributed by atoms with van der Waals surface area (Å²) in [5, 5.41) is 10.7. The minimum absolute atomic E-state index is 0.123. The molecule has 0 aliphatic carbocycles. The van der Waals surface area contributed by atoms with Crippen molar-refractivity contribution in [3.8, 4) is 5.75 Å². The van der Waals surface area contributed by atoms with Crippen molar-refractivity contribution in [2.75, 3.05) is 0 Å². The molecule has 0 spiro atoms. The maximum atomic E-state index is 11.3. The number of hydrogen-bond acceptors (Lipinski definition) is 2. The highest BCUT2D eigenvalue weighted by Gasteiger charge is 2.21. The molecular formula is C15H11Cl3O3. The van der Waals surface area contributed by atoms with Crippen LogP contribution in [0.5, 0.6) is 5.75 Å². The summed E-state index contributed by atoms with van der Waals surface area (Å²) in [6, 6.07) is 11.5. The van der Waals surface area contributed by atoms with E-state index in [1.807, 2.05) is 0 Å². The number of ether oxygens (including phenoxy) is 1. The first-order valence-electron chi connectivity index (χ1n) is 6.04. The number of carbonyl (C=O) groups is 1. The summed E-state index contributed by atoms with van der Waals surface area (Å²) in [4.78, 5) is 11.3. The standard InChI is InChI=1S/C15H11Cl3O3/c16-10-2-1-3-12(7-10)21-14(15(19)20)6-9-4-5-11(17)8-13(9)18/h1-5,7-8,14H,6H2,(H,19,20)/t14-/m0/s1. The Balaban J connectivity index is 2.18. The van der Waals surface area contributed by atoms with Gasteiger partial charge in [-0.3, -0.25) is 0 Å². The number of halogens is 3. The van der Waals surface area contributed by atoms with Crippen molar-refractivity contribution in [1.29, 1.82) is 0 Å². The Morgan fingerprint density at radius 3 is 2.43 bits per heavy atom. The van der Waals surface area contributed by atoms with Gasteiger partial charge in [0.2, 0.25) is 0 Å². The molecule has 0 aromatic heterocycles. The first-order chi connectivity index (χ1) is 9.95. The lowest BCUT2D eigenvalue weighted by atomic mass is 10.1. The molecule has 3 nitrogen and oxygen atoms in total. The second-order valence-corrected chi connectivity index (χ2v) is 5.62. The first kappa shape index (κ1) is 16.0. The number of hydrogen-bond donors (Lipinski definition) is 1. The van der Waals surface area contributed by atoms with Crippen molar-refractivity contribution in [3.05, 3.63) is 63.1 Å². The van der Waals surface area contributed by atoms with E-state index in [1.54, 1.807) is 42.5 Å². The zero-order valence-electron chi connectivity index (χ0n) is 10.7. The lowest BCUT2D eigenvalue weighted by Crippen LogP contribution is -2.29. The van der Waals surface area contributed by atoms with Gasteiger partial charge in [-0.1, -0.05) is 46.9 Å². The quantitative estimate of drug-likeness (QED) is 0.852. The smallest absolute Gasteiger partial charge is 0.345 e. The van der Waals surface area contributed by atoms with Crippen LogP contribution in [0.1, 0.15) is 5.56 Å². The third kappa shape index (κ3) is 4.53. The molecule has 21 heavy (non-hydrogen) atoms. The summed E-state index contributed by atoms with van der Waals surface area (Å²) in [6.45, 7) is 0. The van der Waals surface area contributed by atoms with E-state index in [4.69, 9.17) is 39.5 Å². The van der Waals surface area contributed by atoms with E-state index in [9.17, 15) is 9.90 Å². The van der Waals surface area contributed by atoms with Crippen molar-refractivity contribution in [1.82, 2.24) is 0 Å². The lowest BCUT2D eigenvalue weighted by molar-refractivity contribution is -0.145. The molecule has 6 heteroatoms. The van der Waals surface area contributed by atoms with E-state index < -0.39 is 12.1 Å². The van der Waals surface area contributed by atoms with Gasteiger partial charge in [-0.05, 0) is 35.9 Å². The van der Waals surface area contributed by atoms with Crippen LogP contribution in [-0.4, -0.2) is 17.2 Å². The van der Waals surface area contributed by atoms with E-state index >= 15 is 0 Å². The molecule has 0 fully saturated rings. The number of carboxylic acid groups (broad SMARTS) is 1. The second-order valence-electron chi connectivity index (χ2n) is 4.34. The Kier molecular flexibility index (Phi) is 5.34. The van der Waals surface area contributed by atoms with Crippen molar-refractivity contribution in [2.24, 2.45) is 0 Å². The molecule has 0 amide bonds. The Labute approximate surface area is 137 Å². The third-order valence-corrected chi connectivity index (χ3v) is 3.59. The maximum Gasteiger partial charge on any atom is 0.345 e. The highest BCUT2D eigenvalue weighted by Crippen LogP contribution is 2.24. The van der Waals surface area contributed by atoms with E-state index in [1.165, 1.54) is 0 Å². The molecule has 0 aliphatic rings. The maximum absolute atomic E-state index is 11.3. The zero-order chi connectivity index (χ0) is 15.4. The van der Waals surface area contributed by atoms with Crippen LogP contribution in [0.2, 0.25) is 15.1 Å². The third-order valence-electron chi connectivity index (χ3n) is 2.77. The number of rotatable bonds is 5. The van der Waals surface area contributed by atoms with Gasteiger partial charge < -0.3 is 9.84 Å². The molecule has 0 saturated heterocycles. The van der Waals surface area contributed by atoms with Crippen LogP contribution in [0.25, 0.3) is 0 Å². The van der Waals surface area contributed by atoms with Crippen LogP contribution in [0.4, 0.5) is 0 Å². The van der Waals surface area contributed by atoms with Gasteiger partial charge in [-0.15, -0.1) is 0 Å². The van der Waals surface area contributed by atoms with Crippen molar-refractivity contribution in [2.45, 2.75) is 12.5 Å². The van der Waals surface area contributed by atoms with Crippen LogP contribution < -0.4 is 4.74 Å². The van der Waals surface area contributed by atoms with Gasteiger partial charge in [0.25, 0.3) is 0 Å². The van der Waals surface area contributed by atoms with Crippen LogP contribution in [-0.2, 0) is 11.2 Å². The second kappa shape index (κ2) is 7.03. The molecule has 0 unspecified atom stereocenters. The Hall–Kier alpha value is -1.42. The molecular weight excluding hydrogens is 335 g/mol. The van der Waals surface area contributed by atoms with E-state index in [2.05, 4.69) is 0 Å². The molecule has 2 aromatic carbocycles. The Bertz CT molecular complexity index is 658. The molecule has 0 radical (unpaired) electrons. The molecule has 0 bridgehead atoms. The van der Waals surface area contributed by atoms with Crippen LogP contribution in [0.3, 0.4) is 0 Å². The van der Waals surface area contributed by atoms with E-state index in [0.717, 1.165) is 0 Å². The highest BCUT2D eigenvalue weighted by molar-refractivity contribution is 6.35. The molecule has 110 valence electrons. The zero-order valence-corrected chi connectivity index (χ0v) is 13.0. The molecule has 0 aliphatic heterocycles. The normalized spacial score (nSPS) is 12.0. The fourth-order valence-electron chi connectivity index (χ4n) is 1.77. The Morgan fingerprint density at radius 1 is 1.10 bits per heavy atom. The van der Waals surface area contributed by atoms with Crippen LogP contribution >= 0.6 is 34.8 Å². The topological polar surface area (TPSA) is 46.5 Å². The van der Waals surface area contributed by atoms with Gasteiger partial charge in [0.1, 0.15) is 5.75 Å². The molecule has 1 atom stereocenters. The SMILES string of the molecule is O=C(O)[C@H](Cc1ccc(Cl)cc1Cl)Oc1cccc(Cl)c1. The fourth-order valence-corrected chi connectivity index (χ4v) is 2.44. The average molecular weight is 346 g/mol. The van der Waals surface area contributed by atoms with Gasteiger partial charge in [0.05, 0.1) is 0 Å². The monoisotopic (exact) mass is 344 g/mol.